The summed E-state index contributed by atoms with van der Waals surface area (Å²) in [6.45, 7) is 0. The van der Waals surface area contributed by atoms with Crippen molar-refractivity contribution in [3.63, 3.8) is 0 Å². The van der Waals surface area contributed by atoms with Gasteiger partial charge in [-0.15, -0.1) is 0 Å². The third-order valence-corrected chi connectivity index (χ3v) is 5.84. The molecule has 3 atom stereocenters. The van der Waals surface area contributed by atoms with Crippen molar-refractivity contribution in [3.05, 3.63) is 29.8 Å². The standard InChI is InChI=1S/C14H16N2O2S/c15-9-10-2-5-13(6-3-10)19(17,18)16-14-8-11-1-4-12(14)7-11/h2-3,5-6,11-12,14,16H,1,4,7-8H2. The van der Waals surface area contributed by atoms with Crippen molar-refractivity contribution in [2.24, 2.45) is 11.8 Å². The highest BCUT2D eigenvalue weighted by Crippen LogP contribution is 2.44. The highest BCUT2D eigenvalue weighted by atomic mass is 32.2. The van der Waals surface area contributed by atoms with Crippen LogP contribution in [-0.4, -0.2) is 14.5 Å². The van der Waals surface area contributed by atoms with Gasteiger partial charge in [0.1, 0.15) is 0 Å². The van der Waals surface area contributed by atoms with E-state index in [1.165, 1.54) is 37.1 Å². The second kappa shape index (κ2) is 4.62. The summed E-state index contributed by atoms with van der Waals surface area (Å²) in [5.74, 6) is 1.22. The third kappa shape index (κ3) is 2.38. The number of hydrogen-bond acceptors (Lipinski definition) is 3. The zero-order valence-electron chi connectivity index (χ0n) is 10.5. The molecule has 0 amide bonds. The normalized spacial score (nSPS) is 29.3. The molecule has 0 radical (unpaired) electrons. The van der Waals surface area contributed by atoms with Crippen LogP contribution < -0.4 is 4.72 Å². The molecule has 2 aliphatic carbocycles. The number of sulfonamides is 1. The number of nitriles is 1. The van der Waals surface area contributed by atoms with E-state index < -0.39 is 10.0 Å². The Morgan fingerprint density at radius 3 is 2.42 bits per heavy atom. The predicted molar refractivity (Wildman–Crippen MR) is 70.7 cm³/mol. The molecular weight excluding hydrogens is 260 g/mol. The molecule has 3 unspecified atom stereocenters. The Balaban J connectivity index is 1.77. The molecule has 2 aliphatic rings. The molecule has 4 nitrogen and oxygen atoms in total. The molecule has 0 aliphatic heterocycles. The van der Waals surface area contributed by atoms with Crippen molar-refractivity contribution in [2.45, 2.75) is 36.6 Å². The van der Waals surface area contributed by atoms with Crippen LogP contribution in [0.15, 0.2) is 29.2 Å². The zero-order chi connectivity index (χ0) is 13.5. The van der Waals surface area contributed by atoms with Crippen LogP contribution >= 0.6 is 0 Å². The highest BCUT2D eigenvalue weighted by Gasteiger charge is 2.41. The smallest absolute Gasteiger partial charge is 0.208 e. The topological polar surface area (TPSA) is 70.0 Å². The summed E-state index contributed by atoms with van der Waals surface area (Å²) in [4.78, 5) is 0.245. The lowest BCUT2D eigenvalue weighted by atomic mass is 9.96. The van der Waals surface area contributed by atoms with Crippen molar-refractivity contribution in [2.75, 3.05) is 0 Å². The third-order valence-electron chi connectivity index (χ3n) is 4.34. The SMILES string of the molecule is N#Cc1ccc(S(=O)(=O)NC2CC3CCC2C3)cc1. The number of nitrogens with zero attached hydrogens (tertiary/aromatic N) is 1. The molecule has 2 bridgehead atoms. The van der Waals surface area contributed by atoms with Gasteiger partial charge in [0, 0.05) is 6.04 Å². The molecular formula is C14H16N2O2S. The first kappa shape index (κ1) is 12.6. The number of benzene rings is 1. The summed E-state index contributed by atoms with van der Waals surface area (Å²) < 4.78 is 27.4. The Morgan fingerprint density at radius 2 is 1.89 bits per heavy atom. The van der Waals surface area contributed by atoms with Crippen LogP contribution in [0.4, 0.5) is 0 Å². The maximum atomic E-state index is 12.3. The van der Waals surface area contributed by atoms with Crippen LogP contribution in [0.5, 0.6) is 0 Å². The van der Waals surface area contributed by atoms with Gasteiger partial charge in [-0.25, -0.2) is 13.1 Å². The average Bonchev–Trinajstić information content (AvgIpc) is 3.00. The van der Waals surface area contributed by atoms with E-state index in [2.05, 4.69) is 4.72 Å². The van der Waals surface area contributed by atoms with E-state index >= 15 is 0 Å². The van der Waals surface area contributed by atoms with Gasteiger partial charge in [0.05, 0.1) is 16.5 Å². The van der Waals surface area contributed by atoms with E-state index in [9.17, 15) is 8.42 Å². The molecule has 5 heteroatoms. The highest BCUT2D eigenvalue weighted by molar-refractivity contribution is 7.89. The van der Waals surface area contributed by atoms with Gasteiger partial charge in [-0.2, -0.15) is 5.26 Å². The van der Waals surface area contributed by atoms with Gasteiger partial charge in [-0.05, 0) is 55.4 Å². The minimum absolute atomic E-state index is 0.0967. The number of rotatable bonds is 3. The summed E-state index contributed by atoms with van der Waals surface area (Å²) >= 11 is 0. The molecule has 2 fully saturated rings. The molecule has 100 valence electrons. The summed E-state index contributed by atoms with van der Waals surface area (Å²) in [7, 11) is -3.45. The van der Waals surface area contributed by atoms with Crippen LogP contribution in [0.1, 0.15) is 31.2 Å². The van der Waals surface area contributed by atoms with Crippen molar-refractivity contribution in [1.29, 1.82) is 5.26 Å². The minimum Gasteiger partial charge on any atom is -0.208 e. The Hall–Kier alpha value is -1.38. The Labute approximate surface area is 113 Å². The molecule has 0 saturated heterocycles. The fourth-order valence-electron chi connectivity index (χ4n) is 3.37. The summed E-state index contributed by atoms with van der Waals surface area (Å²) in [6, 6.07) is 8.14. The van der Waals surface area contributed by atoms with Gasteiger partial charge in [-0.3, -0.25) is 0 Å². The second-order valence-electron chi connectivity index (χ2n) is 5.54. The van der Waals surface area contributed by atoms with E-state index in [1.54, 1.807) is 0 Å². The molecule has 0 spiro atoms. The fourth-order valence-corrected chi connectivity index (χ4v) is 4.68. The predicted octanol–water partition coefficient (Wildman–Crippen LogP) is 2.03. The van der Waals surface area contributed by atoms with Gasteiger partial charge >= 0.3 is 0 Å². The Bertz CT molecular complexity index is 616. The average molecular weight is 276 g/mol. The minimum atomic E-state index is -3.45. The van der Waals surface area contributed by atoms with Gasteiger partial charge in [0.15, 0.2) is 0 Å². The van der Waals surface area contributed by atoms with Crippen LogP contribution in [0, 0.1) is 23.2 Å². The molecule has 0 heterocycles. The number of nitrogens with one attached hydrogen (secondary N) is 1. The monoisotopic (exact) mass is 276 g/mol. The van der Waals surface area contributed by atoms with Gasteiger partial charge in [0.2, 0.25) is 10.0 Å². The van der Waals surface area contributed by atoms with Crippen molar-refractivity contribution in [1.82, 2.24) is 4.72 Å². The Kier molecular flexibility index (Phi) is 3.08. The molecule has 1 N–H and O–H groups in total. The first-order chi connectivity index (χ1) is 9.08. The zero-order valence-corrected chi connectivity index (χ0v) is 11.4. The van der Waals surface area contributed by atoms with Crippen molar-refractivity contribution in [3.8, 4) is 6.07 Å². The summed E-state index contributed by atoms with van der Waals surface area (Å²) in [6.07, 6.45) is 4.53. The van der Waals surface area contributed by atoms with Gasteiger partial charge < -0.3 is 0 Å². The quantitative estimate of drug-likeness (QED) is 0.918. The lowest BCUT2D eigenvalue weighted by molar-refractivity contribution is 0.390. The van der Waals surface area contributed by atoms with Crippen LogP contribution in [0.3, 0.4) is 0 Å². The van der Waals surface area contributed by atoms with Crippen molar-refractivity contribution >= 4 is 10.0 Å². The number of fused-ring (bicyclic) bond motifs is 2. The molecule has 19 heavy (non-hydrogen) atoms. The van der Waals surface area contributed by atoms with Gasteiger partial charge in [-0.1, -0.05) is 6.42 Å². The van der Waals surface area contributed by atoms with Crippen LogP contribution in [0.25, 0.3) is 0 Å². The number of hydrogen-bond donors (Lipinski definition) is 1. The molecule has 0 aromatic heterocycles. The summed E-state index contributed by atoms with van der Waals surface area (Å²) in [5, 5.41) is 8.72. The van der Waals surface area contributed by atoms with E-state index in [0.717, 1.165) is 12.8 Å². The summed E-state index contributed by atoms with van der Waals surface area (Å²) in [5.41, 5.74) is 0.471. The van der Waals surface area contributed by atoms with E-state index in [-0.39, 0.29) is 10.9 Å². The maximum absolute atomic E-state index is 12.3. The lowest BCUT2D eigenvalue weighted by Crippen LogP contribution is -2.38. The van der Waals surface area contributed by atoms with Gasteiger partial charge in [0.25, 0.3) is 0 Å². The van der Waals surface area contributed by atoms with Crippen molar-refractivity contribution < 1.29 is 8.42 Å². The maximum Gasteiger partial charge on any atom is 0.240 e. The molecule has 2 saturated carbocycles. The van der Waals surface area contributed by atoms with Crippen LogP contribution in [0.2, 0.25) is 0 Å². The molecule has 3 rings (SSSR count). The fraction of sp³-hybridized carbons (Fsp3) is 0.500. The van der Waals surface area contributed by atoms with E-state index in [4.69, 9.17) is 5.26 Å². The first-order valence-corrected chi connectivity index (χ1v) is 8.09. The van der Waals surface area contributed by atoms with E-state index in [1.807, 2.05) is 6.07 Å². The second-order valence-corrected chi connectivity index (χ2v) is 7.25. The van der Waals surface area contributed by atoms with E-state index in [0.29, 0.717) is 17.4 Å². The lowest BCUT2D eigenvalue weighted by Gasteiger charge is -2.22. The largest absolute Gasteiger partial charge is 0.240 e. The first-order valence-electron chi connectivity index (χ1n) is 6.61. The molecule has 1 aromatic carbocycles. The Morgan fingerprint density at radius 1 is 1.16 bits per heavy atom. The molecule has 1 aromatic rings. The van der Waals surface area contributed by atoms with Crippen LogP contribution in [-0.2, 0) is 10.0 Å².